The Morgan fingerprint density at radius 3 is 2.57 bits per heavy atom. The van der Waals surface area contributed by atoms with Crippen molar-refractivity contribution in [3.05, 3.63) is 39.9 Å². The predicted octanol–water partition coefficient (Wildman–Crippen LogP) is 2.65. The fourth-order valence-corrected chi connectivity index (χ4v) is 1.99. The van der Waals surface area contributed by atoms with Crippen LogP contribution in [0.4, 0.5) is 5.69 Å². The minimum atomic E-state index is -0.538. The van der Waals surface area contributed by atoms with Crippen LogP contribution in [0.3, 0.4) is 0 Å². The van der Waals surface area contributed by atoms with Gasteiger partial charge in [0.25, 0.3) is 11.6 Å². The number of esters is 1. The maximum absolute atomic E-state index is 12.6. The van der Waals surface area contributed by atoms with Crippen LogP contribution in [0.5, 0.6) is 0 Å². The standard InChI is InChI=1S/C16H22N2O5/c1-12(2)7-9-17(10-8-15(19)23-3)16(20)13-5-4-6-14(11-13)18(21)22/h4-6,11-12H,7-10H2,1-3H3. The van der Waals surface area contributed by atoms with E-state index in [-0.39, 0.29) is 30.1 Å². The zero-order valence-electron chi connectivity index (χ0n) is 13.7. The van der Waals surface area contributed by atoms with Gasteiger partial charge in [-0.2, -0.15) is 0 Å². The Labute approximate surface area is 135 Å². The number of nitrogens with zero attached hydrogens (tertiary/aromatic N) is 2. The molecule has 0 bridgehead atoms. The molecule has 0 aliphatic carbocycles. The van der Waals surface area contributed by atoms with Gasteiger partial charge in [0.2, 0.25) is 0 Å². The molecule has 1 aromatic carbocycles. The zero-order valence-corrected chi connectivity index (χ0v) is 13.7. The number of amides is 1. The number of non-ortho nitro benzene ring substituents is 1. The second kappa shape index (κ2) is 8.87. The highest BCUT2D eigenvalue weighted by atomic mass is 16.6. The molecule has 1 amide bonds. The van der Waals surface area contributed by atoms with Crippen LogP contribution in [0, 0.1) is 16.0 Å². The summed E-state index contributed by atoms with van der Waals surface area (Å²) in [6.45, 7) is 4.78. The lowest BCUT2D eigenvalue weighted by Gasteiger charge is -2.23. The van der Waals surface area contributed by atoms with Crippen molar-refractivity contribution in [2.45, 2.75) is 26.7 Å². The largest absolute Gasteiger partial charge is 0.469 e. The first-order chi connectivity index (χ1) is 10.8. The Balaban J connectivity index is 2.90. The van der Waals surface area contributed by atoms with Crippen molar-refractivity contribution in [3.63, 3.8) is 0 Å². The third kappa shape index (κ3) is 6.06. The summed E-state index contributed by atoms with van der Waals surface area (Å²) in [6, 6.07) is 5.61. The Morgan fingerprint density at radius 2 is 2.00 bits per heavy atom. The molecule has 126 valence electrons. The number of benzene rings is 1. The van der Waals surface area contributed by atoms with Gasteiger partial charge in [0.05, 0.1) is 18.5 Å². The van der Waals surface area contributed by atoms with E-state index in [1.54, 1.807) is 0 Å². The number of methoxy groups -OCH3 is 1. The smallest absolute Gasteiger partial charge is 0.307 e. The van der Waals surface area contributed by atoms with Gasteiger partial charge in [-0.3, -0.25) is 19.7 Å². The molecule has 7 nitrogen and oxygen atoms in total. The molecule has 1 aromatic rings. The summed E-state index contributed by atoms with van der Waals surface area (Å²) >= 11 is 0. The van der Waals surface area contributed by atoms with Gasteiger partial charge in [-0.15, -0.1) is 0 Å². The van der Waals surface area contributed by atoms with E-state index in [1.165, 1.54) is 36.3 Å². The molecule has 0 aliphatic heterocycles. The van der Waals surface area contributed by atoms with Crippen molar-refractivity contribution in [3.8, 4) is 0 Å². The lowest BCUT2D eigenvalue weighted by atomic mass is 10.1. The number of rotatable bonds is 8. The molecule has 0 N–H and O–H groups in total. The minimum absolute atomic E-state index is 0.0925. The van der Waals surface area contributed by atoms with Gasteiger partial charge in [-0.1, -0.05) is 19.9 Å². The highest BCUT2D eigenvalue weighted by Crippen LogP contribution is 2.16. The van der Waals surface area contributed by atoms with Crippen LogP contribution in [-0.4, -0.2) is 41.9 Å². The maximum Gasteiger partial charge on any atom is 0.307 e. The molecule has 0 saturated carbocycles. The second-order valence-corrected chi connectivity index (χ2v) is 5.61. The summed E-state index contributed by atoms with van der Waals surface area (Å²) in [4.78, 5) is 35.7. The van der Waals surface area contributed by atoms with Crippen LogP contribution >= 0.6 is 0 Å². The van der Waals surface area contributed by atoms with Crippen LogP contribution in [0.2, 0.25) is 0 Å². The number of carbonyl (C=O) groups excluding carboxylic acids is 2. The first kappa shape index (κ1) is 18.6. The topological polar surface area (TPSA) is 89.8 Å². The van der Waals surface area contributed by atoms with Crippen molar-refractivity contribution in [1.29, 1.82) is 0 Å². The van der Waals surface area contributed by atoms with E-state index in [2.05, 4.69) is 4.74 Å². The second-order valence-electron chi connectivity index (χ2n) is 5.61. The lowest BCUT2D eigenvalue weighted by molar-refractivity contribution is -0.384. The van der Waals surface area contributed by atoms with Crippen molar-refractivity contribution in [2.75, 3.05) is 20.2 Å². The lowest BCUT2D eigenvalue weighted by Crippen LogP contribution is -2.34. The van der Waals surface area contributed by atoms with E-state index in [4.69, 9.17) is 0 Å². The number of ether oxygens (including phenoxy) is 1. The van der Waals surface area contributed by atoms with Gasteiger partial charge in [0.1, 0.15) is 0 Å². The van der Waals surface area contributed by atoms with Gasteiger partial charge in [0, 0.05) is 30.8 Å². The molecule has 23 heavy (non-hydrogen) atoms. The molecule has 0 atom stereocenters. The third-order valence-electron chi connectivity index (χ3n) is 3.38. The quantitative estimate of drug-likeness (QED) is 0.417. The molecule has 1 rings (SSSR count). The molecule has 0 fully saturated rings. The normalized spacial score (nSPS) is 10.4. The molecule has 0 spiro atoms. The molecule has 7 heteroatoms. The number of hydrogen-bond donors (Lipinski definition) is 0. The van der Waals surface area contributed by atoms with Gasteiger partial charge in [-0.25, -0.2) is 0 Å². The van der Waals surface area contributed by atoms with E-state index in [0.717, 1.165) is 6.42 Å². The molecule has 0 radical (unpaired) electrons. The van der Waals surface area contributed by atoms with Gasteiger partial charge in [0.15, 0.2) is 0 Å². The van der Waals surface area contributed by atoms with E-state index in [0.29, 0.717) is 12.5 Å². The zero-order chi connectivity index (χ0) is 17.4. The summed E-state index contributed by atoms with van der Waals surface area (Å²) in [7, 11) is 1.29. The summed E-state index contributed by atoms with van der Waals surface area (Å²) in [6.07, 6.45) is 0.872. The fourth-order valence-electron chi connectivity index (χ4n) is 1.99. The summed E-state index contributed by atoms with van der Waals surface area (Å²) in [5, 5.41) is 10.8. The molecule has 0 aromatic heterocycles. The van der Waals surface area contributed by atoms with E-state index in [9.17, 15) is 19.7 Å². The van der Waals surface area contributed by atoms with Crippen LogP contribution < -0.4 is 0 Å². The predicted molar refractivity (Wildman–Crippen MR) is 85.1 cm³/mol. The van der Waals surface area contributed by atoms with E-state index >= 15 is 0 Å². The number of nitro groups is 1. The van der Waals surface area contributed by atoms with Crippen LogP contribution in [-0.2, 0) is 9.53 Å². The highest BCUT2D eigenvalue weighted by molar-refractivity contribution is 5.95. The molecule has 0 aliphatic rings. The highest BCUT2D eigenvalue weighted by Gasteiger charge is 2.19. The minimum Gasteiger partial charge on any atom is -0.469 e. The number of hydrogen-bond acceptors (Lipinski definition) is 5. The van der Waals surface area contributed by atoms with E-state index in [1.807, 2.05) is 13.8 Å². The molecule has 0 unspecified atom stereocenters. The Bertz CT molecular complexity index is 571. The maximum atomic E-state index is 12.6. The van der Waals surface area contributed by atoms with Crippen molar-refractivity contribution in [2.24, 2.45) is 5.92 Å². The van der Waals surface area contributed by atoms with E-state index < -0.39 is 10.9 Å². The number of nitro benzene ring substituents is 1. The first-order valence-corrected chi connectivity index (χ1v) is 7.45. The molecule has 0 heterocycles. The van der Waals surface area contributed by atoms with Gasteiger partial charge >= 0.3 is 5.97 Å². The van der Waals surface area contributed by atoms with Gasteiger partial charge in [-0.05, 0) is 18.4 Å². The molecular weight excluding hydrogens is 300 g/mol. The summed E-state index contributed by atoms with van der Waals surface area (Å²) in [5.74, 6) is -0.321. The Morgan fingerprint density at radius 1 is 1.30 bits per heavy atom. The Hall–Kier alpha value is -2.44. The fraction of sp³-hybridized carbons (Fsp3) is 0.500. The van der Waals surface area contributed by atoms with Crippen molar-refractivity contribution >= 4 is 17.6 Å². The summed E-state index contributed by atoms with van der Waals surface area (Å²) in [5.41, 5.74) is 0.112. The monoisotopic (exact) mass is 322 g/mol. The number of carbonyl (C=O) groups is 2. The van der Waals surface area contributed by atoms with Crippen LogP contribution in [0.1, 0.15) is 37.0 Å². The molecular formula is C16H22N2O5. The third-order valence-corrected chi connectivity index (χ3v) is 3.38. The summed E-state index contributed by atoms with van der Waals surface area (Å²) < 4.78 is 4.60. The average Bonchev–Trinajstić information content (AvgIpc) is 2.53. The first-order valence-electron chi connectivity index (χ1n) is 7.45. The molecule has 0 saturated heterocycles. The van der Waals surface area contributed by atoms with Crippen LogP contribution in [0.15, 0.2) is 24.3 Å². The van der Waals surface area contributed by atoms with Crippen molar-refractivity contribution < 1.29 is 19.2 Å². The SMILES string of the molecule is COC(=O)CCN(CCC(C)C)C(=O)c1cccc([N+](=O)[O-])c1. The average molecular weight is 322 g/mol. The van der Waals surface area contributed by atoms with Gasteiger partial charge < -0.3 is 9.64 Å². The Kier molecular flexibility index (Phi) is 7.18. The van der Waals surface area contributed by atoms with Crippen molar-refractivity contribution in [1.82, 2.24) is 4.90 Å². The van der Waals surface area contributed by atoms with Crippen LogP contribution in [0.25, 0.3) is 0 Å².